The minimum absolute atomic E-state index is 0.0104. The zero-order valence-electron chi connectivity index (χ0n) is 12.3. The lowest BCUT2D eigenvalue weighted by atomic mass is 9.95. The fourth-order valence-corrected chi connectivity index (χ4v) is 2.57. The van der Waals surface area contributed by atoms with Gasteiger partial charge in [0, 0.05) is 31.1 Å². The van der Waals surface area contributed by atoms with Crippen molar-refractivity contribution >= 4 is 17.5 Å². The third-order valence-corrected chi connectivity index (χ3v) is 3.85. The molecule has 5 heteroatoms. The number of rotatable bonds is 5. The van der Waals surface area contributed by atoms with E-state index in [2.05, 4.69) is 5.32 Å². The normalized spacial score (nSPS) is 15.8. The van der Waals surface area contributed by atoms with Crippen molar-refractivity contribution in [1.29, 1.82) is 0 Å². The fourth-order valence-electron chi connectivity index (χ4n) is 2.57. The summed E-state index contributed by atoms with van der Waals surface area (Å²) < 4.78 is 0. The Kier molecular flexibility index (Phi) is 5.75. The first-order valence-electron chi connectivity index (χ1n) is 7.54. The smallest absolute Gasteiger partial charge is 0.227 e. The molecule has 1 fully saturated rings. The number of piperidine rings is 1. The van der Waals surface area contributed by atoms with Gasteiger partial charge >= 0.3 is 0 Å². The first kappa shape index (κ1) is 15.5. The zero-order valence-corrected chi connectivity index (χ0v) is 12.3. The highest BCUT2D eigenvalue weighted by molar-refractivity contribution is 5.92. The number of nitrogens with one attached hydrogen (secondary N) is 1. The highest BCUT2D eigenvalue weighted by Crippen LogP contribution is 2.20. The van der Waals surface area contributed by atoms with Crippen molar-refractivity contribution in [3.05, 3.63) is 30.3 Å². The van der Waals surface area contributed by atoms with Gasteiger partial charge in [0.1, 0.15) is 0 Å². The number of nitrogens with zero attached hydrogens (tertiary/aromatic N) is 1. The van der Waals surface area contributed by atoms with E-state index >= 15 is 0 Å². The van der Waals surface area contributed by atoms with Gasteiger partial charge in [-0.2, -0.15) is 0 Å². The van der Waals surface area contributed by atoms with Gasteiger partial charge in [-0.05, 0) is 37.9 Å². The Morgan fingerprint density at radius 1 is 1.19 bits per heavy atom. The number of benzene rings is 1. The van der Waals surface area contributed by atoms with Crippen molar-refractivity contribution in [3.63, 3.8) is 0 Å². The van der Waals surface area contributed by atoms with Gasteiger partial charge < -0.3 is 16.0 Å². The van der Waals surface area contributed by atoms with Crippen LogP contribution in [-0.4, -0.2) is 36.3 Å². The maximum absolute atomic E-state index is 12.2. The topological polar surface area (TPSA) is 75.4 Å². The Morgan fingerprint density at radius 2 is 1.86 bits per heavy atom. The van der Waals surface area contributed by atoms with E-state index in [4.69, 9.17) is 5.73 Å². The third-order valence-electron chi connectivity index (χ3n) is 3.85. The van der Waals surface area contributed by atoms with Crippen LogP contribution in [0.1, 0.15) is 25.7 Å². The van der Waals surface area contributed by atoms with Gasteiger partial charge in [0.05, 0.1) is 0 Å². The second-order valence-corrected chi connectivity index (χ2v) is 5.40. The minimum atomic E-state index is -0.0104. The van der Waals surface area contributed by atoms with Gasteiger partial charge in [-0.15, -0.1) is 0 Å². The highest BCUT2D eigenvalue weighted by atomic mass is 16.2. The molecule has 0 spiro atoms. The van der Waals surface area contributed by atoms with Crippen LogP contribution in [0.3, 0.4) is 0 Å². The molecule has 0 aromatic heterocycles. The van der Waals surface area contributed by atoms with Gasteiger partial charge in [-0.25, -0.2) is 0 Å². The van der Waals surface area contributed by atoms with E-state index in [9.17, 15) is 9.59 Å². The number of hydrogen-bond acceptors (Lipinski definition) is 3. The molecule has 2 rings (SSSR count). The molecule has 0 unspecified atom stereocenters. The summed E-state index contributed by atoms with van der Waals surface area (Å²) in [4.78, 5) is 25.9. The zero-order chi connectivity index (χ0) is 15.1. The lowest BCUT2D eigenvalue weighted by molar-refractivity contribution is -0.134. The largest absolute Gasteiger partial charge is 0.343 e. The molecule has 0 saturated carbocycles. The minimum Gasteiger partial charge on any atom is -0.343 e. The van der Waals surface area contributed by atoms with E-state index in [-0.39, 0.29) is 17.7 Å². The molecule has 1 aromatic rings. The Morgan fingerprint density at radius 3 is 2.48 bits per heavy atom. The predicted octanol–water partition coefficient (Wildman–Crippen LogP) is 1.60. The van der Waals surface area contributed by atoms with Crippen molar-refractivity contribution in [2.45, 2.75) is 25.7 Å². The second kappa shape index (κ2) is 7.78. The number of para-hydroxylation sites is 1. The van der Waals surface area contributed by atoms with E-state index in [1.165, 1.54) is 0 Å². The first-order chi connectivity index (χ1) is 10.2. The quantitative estimate of drug-likeness (QED) is 0.864. The van der Waals surface area contributed by atoms with Crippen LogP contribution < -0.4 is 11.1 Å². The Balaban J connectivity index is 1.78. The average molecular weight is 289 g/mol. The maximum Gasteiger partial charge on any atom is 0.227 e. The molecule has 2 amide bonds. The highest BCUT2D eigenvalue weighted by Gasteiger charge is 2.26. The van der Waals surface area contributed by atoms with E-state index in [0.717, 1.165) is 24.9 Å². The van der Waals surface area contributed by atoms with Crippen LogP contribution in [0.15, 0.2) is 30.3 Å². The molecule has 1 heterocycles. The number of carbonyl (C=O) groups is 2. The van der Waals surface area contributed by atoms with Gasteiger partial charge in [-0.1, -0.05) is 18.2 Å². The van der Waals surface area contributed by atoms with Gasteiger partial charge in [-0.3, -0.25) is 9.59 Å². The van der Waals surface area contributed by atoms with Crippen LogP contribution in [0.2, 0.25) is 0 Å². The summed E-state index contributed by atoms with van der Waals surface area (Å²) in [6.45, 7) is 1.87. The molecule has 1 aliphatic heterocycles. The second-order valence-electron chi connectivity index (χ2n) is 5.40. The summed E-state index contributed by atoms with van der Waals surface area (Å²) in [5, 5.41) is 2.93. The van der Waals surface area contributed by atoms with Crippen LogP contribution in [0.5, 0.6) is 0 Å². The molecule has 1 saturated heterocycles. The van der Waals surface area contributed by atoms with Gasteiger partial charge in [0.15, 0.2) is 0 Å². The number of amides is 2. The maximum atomic E-state index is 12.2. The third kappa shape index (κ3) is 4.56. The van der Waals surface area contributed by atoms with E-state index < -0.39 is 0 Å². The number of likely N-dealkylation sites (tertiary alicyclic amines) is 1. The molecule has 1 aromatic carbocycles. The Hall–Kier alpha value is -1.88. The van der Waals surface area contributed by atoms with Crippen molar-refractivity contribution in [3.8, 4) is 0 Å². The van der Waals surface area contributed by atoms with Crippen LogP contribution in [0, 0.1) is 5.92 Å². The summed E-state index contributed by atoms with van der Waals surface area (Å²) in [5.74, 6) is 0.196. The summed E-state index contributed by atoms with van der Waals surface area (Å²) in [5.41, 5.74) is 6.24. The molecule has 5 nitrogen and oxygen atoms in total. The average Bonchev–Trinajstić information content (AvgIpc) is 2.53. The van der Waals surface area contributed by atoms with Crippen molar-refractivity contribution in [1.82, 2.24) is 4.90 Å². The van der Waals surface area contributed by atoms with Crippen LogP contribution in [0.25, 0.3) is 0 Å². The van der Waals surface area contributed by atoms with Crippen molar-refractivity contribution in [2.24, 2.45) is 11.7 Å². The number of hydrogen-bond donors (Lipinski definition) is 2. The monoisotopic (exact) mass is 289 g/mol. The molecular formula is C16H23N3O2. The van der Waals surface area contributed by atoms with Crippen LogP contribution in [-0.2, 0) is 9.59 Å². The van der Waals surface area contributed by atoms with Crippen molar-refractivity contribution in [2.75, 3.05) is 25.0 Å². The summed E-state index contributed by atoms with van der Waals surface area (Å²) in [6, 6.07) is 9.47. The molecule has 1 aliphatic rings. The number of nitrogens with two attached hydrogens (primary N) is 1. The lowest BCUT2D eigenvalue weighted by Crippen LogP contribution is -2.41. The first-order valence-corrected chi connectivity index (χ1v) is 7.54. The lowest BCUT2D eigenvalue weighted by Gasteiger charge is -2.31. The molecule has 0 atom stereocenters. The summed E-state index contributed by atoms with van der Waals surface area (Å²) in [7, 11) is 0. The van der Waals surface area contributed by atoms with E-state index in [0.29, 0.717) is 26.1 Å². The predicted molar refractivity (Wildman–Crippen MR) is 82.7 cm³/mol. The van der Waals surface area contributed by atoms with E-state index in [1.54, 1.807) is 0 Å². The van der Waals surface area contributed by atoms with Crippen molar-refractivity contribution < 1.29 is 9.59 Å². The Bertz CT molecular complexity index is 468. The summed E-state index contributed by atoms with van der Waals surface area (Å²) in [6.07, 6.45) is 2.70. The summed E-state index contributed by atoms with van der Waals surface area (Å²) >= 11 is 0. The van der Waals surface area contributed by atoms with Gasteiger partial charge in [0.2, 0.25) is 11.8 Å². The van der Waals surface area contributed by atoms with E-state index in [1.807, 2.05) is 35.2 Å². The molecule has 114 valence electrons. The van der Waals surface area contributed by atoms with Crippen LogP contribution >= 0.6 is 0 Å². The number of anilines is 1. The fraction of sp³-hybridized carbons (Fsp3) is 0.500. The van der Waals surface area contributed by atoms with Gasteiger partial charge in [0.25, 0.3) is 0 Å². The van der Waals surface area contributed by atoms with Crippen LogP contribution in [0.4, 0.5) is 5.69 Å². The SMILES string of the molecule is NCCCC(=O)N1CCC(C(=O)Nc2ccccc2)CC1. The molecule has 3 N–H and O–H groups in total. The molecule has 21 heavy (non-hydrogen) atoms. The molecule has 0 radical (unpaired) electrons. The Labute approximate surface area is 125 Å². The standard InChI is InChI=1S/C16H23N3O2/c17-10-4-7-15(20)19-11-8-13(9-12-19)16(21)18-14-5-2-1-3-6-14/h1-3,5-6,13H,4,7-12,17H2,(H,18,21). The molecule has 0 bridgehead atoms. The molecular weight excluding hydrogens is 266 g/mol. The number of carbonyl (C=O) groups excluding carboxylic acids is 2. The molecule has 0 aliphatic carbocycles.